The Balaban J connectivity index is 1.63. The molecule has 4 aromatic rings. The second-order valence-electron chi connectivity index (χ2n) is 4.91. The van der Waals surface area contributed by atoms with Gasteiger partial charge in [0.15, 0.2) is 5.58 Å². The maximum atomic E-state index is 12.1. The van der Waals surface area contributed by atoms with Crippen molar-refractivity contribution in [3.63, 3.8) is 0 Å². The highest BCUT2D eigenvalue weighted by atomic mass is 35.5. The molecule has 7 heteroatoms. The number of hydrogen-bond donors (Lipinski definition) is 1. The lowest BCUT2D eigenvalue weighted by Crippen LogP contribution is -2.11. The standard InChI is InChI=1S/C16H10ClN3O2S/c17-9-5-6-10-12(7-9)18-14(20-15(10)21)8-23-16-19-11-3-1-2-4-13(11)22-16/h1-7H,8H2,(H,18,20,21). The minimum absolute atomic E-state index is 0.181. The number of fused-ring (bicyclic) bond motifs is 2. The van der Waals surface area contributed by atoms with E-state index in [1.165, 1.54) is 11.8 Å². The highest BCUT2D eigenvalue weighted by Crippen LogP contribution is 2.25. The Hall–Kier alpha value is -2.31. The summed E-state index contributed by atoms with van der Waals surface area (Å²) in [6.45, 7) is 0. The summed E-state index contributed by atoms with van der Waals surface area (Å²) < 4.78 is 5.64. The molecule has 0 radical (unpaired) electrons. The number of oxazole rings is 1. The molecule has 0 fully saturated rings. The first-order chi connectivity index (χ1) is 11.2. The number of rotatable bonds is 3. The van der Waals surface area contributed by atoms with Crippen LogP contribution in [0, 0.1) is 0 Å². The minimum atomic E-state index is -0.181. The van der Waals surface area contributed by atoms with Gasteiger partial charge < -0.3 is 9.40 Å². The molecule has 2 aromatic heterocycles. The van der Waals surface area contributed by atoms with E-state index in [1.807, 2.05) is 24.3 Å². The average Bonchev–Trinajstić information content (AvgIpc) is 2.95. The van der Waals surface area contributed by atoms with Crippen LogP contribution in [0.15, 0.2) is 56.9 Å². The predicted molar refractivity (Wildman–Crippen MR) is 90.9 cm³/mol. The second-order valence-corrected chi connectivity index (χ2v) is 6.27. The first-order valence-electron chi connectivity index (χ1n) is 6.86. The van der Waals surface area contributed by atoms with Crippen LogP contribution in [0.3, 0.4) is 0 Å². The topological polar surface area (TPSA) is 71.8 Å². The van der Waals surface area contributed by atoms with Crippen molar-refractivity contribution in [3.8, 4) is 0 Å². The van der Waals surface area contributed by atoms with E-state index in [0.717, 1.165) is 11.1 Å². The van der Waals surface area contributed by atoms with E-state index in [2.05, 4.69) is 15.0 Å². The number of benzene rings is 2. The molecule has 2 heterocycles. The summed E-state index contributed by atoms with van der Waals surface area (Å²) in [6.07, 6.45) is 0. The molecule has 0 saturated heterocycles. The van der Waals surface area contributed by atoms with E-state index in [1.54, 1.807) is 18.2 Å². The zero-order valence-electron chi connectivity index (χ0n) is 11.7. The smallest absolute Gasteiger partial charge is 0.258 e. The third-order valence-corrected chi connectivity index (χ3v) is 4.40. The largest absolute Gasteiger partial charge is 0.431 e. The van der Waals surface area contributed by atoms with E-state index >= 15 is 0 Å². The van der Waals surface area contributed by atoms with Crippen molar-refractivity contribution in [2.45, 2.75) is 11.0 Å². The third kappa shape index (κ3) is 2.83. The number of hydrogen-bond acceptors (Lipinski definition) is 5. The van der Waals surface area contributed by atoms with Gasteiger partial charge in [0.1, 0.15) is 11.3 Å². The molecular formula is C16H10ClN3O2S. The maximum Gasteiger partial charge on any atom is 0.258 e. The SMILES string of the molecule is O=c1[nH]c(CSc2nc3ccccc3o2)nc2cc(Cl)ccc12. The summed E-state index contributed by atoms with van der Waals surface area (Å²) in [5.41, 5.74) is 1.94. The highest BCUT2D eigenvalue weighted by molar-refractivity contribution is 7.98. The first-order valence-corrected chi connectivity index (χ1v) is 8.22. The molecule has 5 nitrogen and oxygen atoms in total. The molecule has 1 N–H and O–H groups in total. The fourth-order valence-corrected chi connectivity index (χ4v) is 3.15. The van der Waals surface area contributed by atoms with Crippen molar-refractivity contribution in [3.05, 3.63) is 63.7 Å². The number of halogens is 1. The van der Waals surface area contributed by atoms with Gasteiger partial charge in [0, 0.05) is 5.02 Å². The first kappa shape index (κ1) is 14.3. The van der Waals surface area contributed by atoms with Crippen LogP contribution >= 0.6 is 23.4 Å². The van der Waals surface area contributed by atoms with E-state index in [4.69, 9.17) is 16.0 Å². The van der Waals surface area contributed by atoms with Gasteiger partial charge in [-0.15, -0.1) is 0 Å². The zero-order valence-corrected chi connectivity index (χ0v) is 13.3. The van der Waals surface area contributed by atoms with E-state index in [0.29, 0.717) is 32.7 Å². The Morgan fingerprint density at radius 1 is 1.13 bits per heavy atom. The molecule has 0 bridgehead atoms. The fraction of sp³-hybridized carbons (Fsp3) is 0.0625. The van der Waals surface area contributed by atoms with Crippen LogP contribution in [-0.2, 0) is 5.75 Å². The van der Waals surface area contributed by atoms with Crippen molar-refractivity contribution in [1.29, 1.82) is 0 Å². The quantitative estimate of drug-likeness (QED) is 0.569. The van der Waals surface area contributed by atoms with Gasteiger partial charge >= 0.3 is 0 Å². The summed E-state index contributed by atoms with van der Waals surface area (Å²) in [5, 5.41) is 1.61. The van der Waals surface area contributed by atoms with Gasteiger partial charge in [0.2, 0.25) is 0 Å². The Bertz CT molecular complexity index is 1040. The second kappa shape index (κ2) is 5.72. The number of aromatic amines is 1. The normalized spacial score (nSPS) is 11.3. The molecule has 114 valence electrons. The summed E-state index contributed by atoms with van der Waals surface area (Å²) in [7, 11) is 0. The number of H-pyrrole nitrogens is 1. The molecule has 0 aliphatic rings. The summed E-state index contributed by atoms with van der Waals surface area (Å²) in [5.74, 6) is 1.00. The molecule has 0 aliphatic carbocycles. The molecule has 23 heavy (non-hydrogen) atoms. The monoisotopic (exact) mass is 343 g/mol. The van der Waals surface area contributed by atoms with Crippen LogP contribution in [0.5, 0.6) is 0 Å². The van der Waals surface area contributed by atoms with E-state index < -0.39 is 0 Å². The van der Waals surface area contributed by atoms with Crippen molar-refractivity contribution in [2.24, 2.45) is 0 Å². The number of nitrogens with zero attached hydrogens (tertiary/aromatic N) is 2. The zero-order chi connectivity index (χ0) is 15.8. The Kier molecular flexibility index (Phi) is 3.55. The average molecular weight is 344 g/mol. The van der Waals surface area contributed by atoms with Crippen LogP contribution in [-0.4, -0.2) is 15.0 Å². The summed E-state index contributed by atoms with van der Waals surface area (Å²) in [6, 6.07) is 12.6. The van der Waals surface area contributed by atoms with Gasteiger partial charge in [-0.3, -0.25) is 4.79 Å². The molecule has 0 spiro atoms. The highest BCUT2D eigenvalue weighted by Gasteiger charge is 2.09. The van der Waals surface area contributed by atoms with Gasteiger partial charge in [-0.1, -0.05) is 35.5 Å². The molecule has 0 unspecified atom stereocenters. The van der Waals surface area contributed by atoms with Crippen molar-refractivity contribution in [2.75, 3.05) is 0 Å². The molecule has 0 atom stereocenters. The van der Waals surface area contributed by atoms with E-state index in [9.17, 15) is 4.79 Å². The summed E-state index contributed by atoms with van der Waals surface area (Å²) >= 11 is 7.34. The third-order valence-electron chi connectivity index (χ3n) is 3.32. The number of nitrogens with one attached hydrogen (secondary N) is 1. The van der Waals surface area contributed by atoms with Crippen LogP contribution in [0.4, 0.5) is 0 Å². The van der Waals surface area contributed by atoms with Gasteiger partial charge in [-0.25, -0.2) is 9.97 Å². The molecule has 0 amide bonds. The molecule has 0 aliphatic heterocycles. The summed E-state index contributed by atoms with van der Waals surface area (Å²) in [4.78, 5) is 23.7. The number of thioether (sulfide) groups is 1. The molecule has 0 saturated carbocycles. The van der Waals surface area contributed by atoms with E-state index in [-0.39, 0.29) is 5.56 Å². The van der Waals surface area contributed by atoms with Gasteiger partial charge in [-0.05, 0) is 30.3 Å². The minimum Gasteiger partial charge on any atom is -0.431 e. The number of para-hydroxylation sites is 2. The Morgan fingerprint density at radius 2 is 2.00 bits per heavy atom. The lowest BCUT2D eigenvalue weighted by atomic mass is 10.2. The lowest BCUT2D eigenvalue weighted by Gasteiger charge is -2.02. The molecular weight excluding hydrogens is 334 g/mol. The van der Waals surface area contributed by atoms with Gasteiger partial charge in [0.05, 0.1) is 16.7 Å². The van der Waals surface area contributed by atoms with Crippen LogP contribution in [0.2, 0.25) is 5.02 Å². The Morgan fingerprint density at radius 3 is 2.87 bits per heavy atom. The fourth-order valence-electron chi connectivity index (χ4n) is 2.27. The van der Waals surface area contributed by atoms with Gasteiger partial charge in [-0.2, -0.15) is 0 Å². The van der Waals surface area contributed by atoms with Crippen molar-refractivity contribution >= 4 is 45.4 Å². The van der Waals surface area contributed by atoms with Crippen LogP contribution in [0.25, 0.3) is 22.0 Å². The van der Waals surface area contributed by atoms with Gasteiger partial charge in [0.25, 0.3) is 10.8 Å². The van der Waals surface area contributed by atoms with Crippen molar-refractivity contribution < 1.29 is 4.42 Å². The predicted octanol–water partition coefficient (Wildman–Crippen LogP) is 4.01. The molecule has 4 rings (SSSR count). The van der Waals surface area contributed by atoms with Crippen LogP contribution in [0.1, 0.15) is 5.82 Å². The Labute approximate surface area is 139 Å². The lowest BCUT2D eigenvalue weighted by molar-refractivity contribution is 0.489. The molecule has 2 aromatic carbocycles. The van der Waals surface area contributed by atoms with Crippen LogP contribution < -0.4 is 5.56 Å². The maximum absolute atomic E-state index is 12.1. The van der Waals surface area contributed by atoms with Crippen molar-refractivity contribution in [1.82, 2.24) is 15.0 Å². The number of aromatic nitrogens is 3.